The molecule has 0 heterocycles. The van der Waals surface area contributed by atoms with Crippen molar-refractivity contribution in [1.29, 1.82) is 0 Å². The van der Waals surface area contributed by atoms with Crippen LogP contribution in [0, 0.1) is 5.92 Å². The summed E-state index contributed by atoms with van der Waals surface area (Å²) in [4.78, 5) is 23.7. The molecule has 0 spiro atoms. The first kappa shape index (κ1) is 14.8. The summed E-state index contributed by atoms with van der Waals surface area (Å²) in [6.45, 7) is 2.51. The average Bonchev–Trinajstić information content (AvgIpc) is 3.38. The number of carbonyl (C=O) groups excluding carboxylic acids is 2. The van der Waals surface area contributed by atoms with E-state index >= 15 is 0 Å². The van der Waals surface area contributed by atoms with E-state index in [1.807, 2.05) is 37.3 Å². The van der Waals surface area contributed by atoms with E-state index in [0.29, 0.717) is 13.0 Å². The number of Topliss-reactive ketones (excluding diaryl/α,β-unsaturated/α-hetero) is 1. The van der Waals surface area contributed by atoms with Gasteiger partial charge in [0.25, 0.3) is 0 Å². The molecule has 0 aliphatic heterocycles. The third kappa shape index (κ3) is 3.19. The van der Waals surface area contributed by atoms with Crippen molar-refractivity contribution >= 4 is 22.5 Å². The lowest BCUT2D eigenvalue weighted by molar-refractivity contribution is -0.122. The van der Waals surface area contributed by atoms with Crippen LogP contribution in [0.25, 0.3) is 10.8 Å². The number of hydrogen-bond donors (Lipinski definition) is 1. The minimum Gasteiger partial charge on any atom is -0.356 e. The maximum atomic E-state index is 12.0. The summed E-state index contributed by atoms with van der Waals surface area (Å²) in [5.74, 6) is 0.573. The van der Waals surface area contributed by atoms with Crippen LogP contribution in [0.3, 0.4) is 0 Å². The number of amides is 1. The molecule has 1 saturated carbocycles. The highest BCUT2D eigenvalue weighted by atomic mass is 16.2. The average molecular weight is 295 g/mol. The Hall–Kier alpha value is -2.16. The molecular weight excluding hydrogens is 274 g/mol. The van der Waals surface area contributed by atoms with E-state index in [-0.39, 0.29) is 17.6 Å². The zero-order valence-corrected chi connectivity index (χ0v) is 12.9. The molecule has 114 valence electrons. The lowest BCUT2D eigenvalue weighted by Gasteiger charge is -2.10. The molecule has 3 heteroatoms. The number of carbonyl (C=O) groups is 2. The molecule has 22 heavy (non-hydrogen) atoms. The maximum Gasteiger partial charge on any atom is 0.223 e. The fourth-order valence-corrected chi connectivity index (χ4v) is 2.77. The summed E-state index contributed by atoms with van der Waals surface area (Å²) < 4.78 is 0. The Bertz CT molecular complexity index is 716. The predicted molar refractivity (Wildman–Crippen MR) is 88.0 cm³/mol. The molecule has 1 aliphatic carbocycles. The van der Waals surface area contributed by atoms with Crippen LogP contribution < -0.4 is 5.32 Å². The van der Waals surface area contributed by atoms with Crippen LogP contribution in [0.15, 0.2) is 36.4 Å². The summed E-state index contributed by atoms with van der Waals surface area (Å²) in [6, 6.07) is 12.1. The molecule has 1 N–H and O–H groups in total. The summed E-state index contributed by atoms with van der Waals surface area (Å²) in [7, 11) is 0. The number of ketones is 1. The Morgan fingerprint density at radius 2 is 1.95 bits per heavy atom. The molecule has 3 rings (SSSR count). The molecule has 3 nitrogen and oxygen atoms in total. The zero-order valence-electron chi connectivity index (χ0n) is 12.9. The third-order valence-electron chi connectivity index (χ3n) is 4.23. The first-order valence-corrected chi connectivity index (χ1v) is 8.01. The second kappa shape index (κ2) is 6.30. The molecule has 2 aromatic carbocycles. The topological polar surface area (TPSA) is 46.2 Å². The lowest BCUT2D eigenvalue weighted by atomic mass is 9.96. The Balaban J connectivity index is 1.82. The quantitative estimate of drug-likeness (QED) is 0.829. The van der Waals surface area contributed by atoms with Gasteiger partial charge in [-0.2, -0.15) is 0 Å². The van der Waals surface area contributed by atoms with E-state index < -0.39 is 0 Å². The Labute approximate surface area is 130 Å². The third-order valence-corrected chi connectivity index (χ3v) is 4.23. The van der Waals surface area contributed by atoms with Crippen LogP contribution >= 0.6 is 0 Å². The summed E-state index contributed by atoms with van der Waals surface area (Å²) in [6.07, 6.45) is 3.31. The van der Waals surface area contributed by atoms with Gasteiger partial charge in [0.05, 0.1) is 0 Å². The van der Waals surface area contributed by atoms with Crippen LogP contribution in [0.5, 0.6) is 0 Å². The van der Waals surface area contributed by atoms with Gasteiger partial charge < -0.3 is 5.32 Å². The minimum atomic E-state index is 0.161. The largest absolute Gasteiger partial charge is 0.356 e. The molecule has 1 fully saturated rings. The SMILES string of the molecule is CCC(=O)c1cc(CCNC(=O)C2CC2)c2ccccc2c1. The Kier molecular flexibility index (Phi) is 4.23. The first-order chi connectivity index (χ1) is 10.7. The van der Waals surface area contributed by atoms with E-state index in [1.54, 1.807) is 0 Å². The van der Waals surface area contributed by atoms with Crippen molar-refractivity contribution in [3.63, 3.8) is 0 Å². The number of fused-ring (bicyclic) bond motifs is 1. The second-order valence-corrected chi connectivity index (χ2v) is 5.95. The zero-order chi connectivity index (χ0) is 15.5. The van der Waals surface area contributed by atoms with Gasteiger partial charge in [-0.25, -0.2) is 0 Å². The monoisotopic (exact) mass is 295 g/mol. The second-order valence-electron chi connectivity index (χ2n) is 5.95. The van der Waals surface area contributed by atoms with Crippen LogP contribution in [0.1, 0.15) is 42.1 Å². The van der Waals surface area contributed by atoms with Crippen molar-refractivity contribution in [2.45, 2.75) is 32.6 Å². The van der Waals surface area contributed by atoms with Crippen LogP contribution in [-0.2, 0) is 11.2 Å². The number of hydrogen-bond acceptors (Lipinski definition) is 2. The fraction of sp³-hybridized carbons (Fsp3) is 0.368. The standard InChI is InChI=1S/C19H21NO2/c1-2-18(21)16-11-14-5-3-4-6-17(14)15(12-16)9-10-20-19(22)13-7-8-13/h3-6,11-13H,2,7-10H2,1H3,(H,20,22). The van der Waals surface area contributed by atoms with Crippen molar-refractivity contribution in [1.82, 2.24) is 5.32 Å². The number of benzene rings is 2. The van der Waals surface area contributed by atoms with Crippen molar-refractivity contribution in [2.24, 2.45) is 5.92 Å². The molecule has 0 atom stereocenters. The number of rotatable bonds is 6. The van der Waals surface area contributed by atoms with E-state index in [0.717, 1.165) is 41.2 Å². The number of nitrogens with one attached hydrogen (secondary N) is 1. The Morgan fingerprint density at radius 1 is 1.18 bits per heavy atom. The molecule has 0 unspecified atom stereocenters. The highest BCUT2D eigenvalue weighted by Crippen LogP contribution is 2.28. The Morgan fingerprint density at radius 3 is 2.68 bits per heavy atom. The van der Waals surface area contributed by atoms with Crippen molar-refractivity contribution in [3.05, 3.63) is 47.5 Å². The molecule has 0 bridgehead atoms. The van der Waals surface area contributed by atoms with Crippen LogP contribution in [0.2, 0.25) is 0 Å². The first-order valence-electron chi connectivity index (χ1n) is 8.01. The van der Waals surface area contributed by atoms with E-state index in [2.05, 4.69) is 11.4 Å². The minimum absolute atomic E-state index is 0.161. The van der Waals surface area contributed by atoms with E-state index in [9.17, 15) is 9.59 Å². The molecule has 2 aromatic rings. The van der Waals surface area contributed by atoms with Gasteiger partial charge in [-0.3, -0.25) is 9.59 Å². The van der Waals surface area contributed by atoms with Crippen LogP contribution in [-0.4, -0.2) is 18.2 Å². The van der Waals surface area contributed by atoms with Crippen LogP contribution in [0.4, 0.5) is 0 Å². The molecule has 0 saturated heterocycles. The maximum absolute atomic E-state index is 12.0. The normalized spacial score (nSPS) is 14.0. The summed E-state index contributed by atoms with van der Waals surface area (Å²) in [5, 5.41) is 5.25. The van der Waals surface area contributed by atoms with E-state index in [4.69, 9.17) is 0 Å². The fourth-order valence-electron chi connectivity index (χ4n) is 2.77. The van der Waals surface area contributed by atoms with Gasteiger partial charge in [-0.1, -0.05) is 31.2 Å². The van der Waals surface area contributed by atoms with Gasteiger partial charge in [0.2, 0.25) is 5.91 Å². The molecule has 0 aromatic heterocycles. The summed E-state index contributed by atoms with van der Waals surface area (Å²) >= 11 is 0. The smallest absolute Gasteiger partial charge is 0.223 e. The van der Waals surface area contributed by atoms with Gasteiger partial charge in [-0.05, 0) is 47.7 Å². The van der Waals surface area contributed by atoms with Gasteiger partial charge >= 0.3 is 0 Å². The van der Waals surface area contributed by atoms with Crippen molar-refractivity contribution < 1.29 is 9.59 Å². The lowest BCUT2D eigenvalue weighted by Crippen LogP contribution is -2.27. The summed E-state index contributed by atoms with van der Waals surface area (Å²) in [5.41, 5.74) is 1.90. The van der Waals surface area contributed by atoms with Gasteiger partial charge in [0.1, 0.15) is 0 Å². The highest BCUT2D eigenvalue weighted by molar-refractivity contribution is 6.00. The van der Waals surface area contributed by atoms with Crippen molar-refractivity contribution in [2.75, 3.05) is 6.54 Å². The van der Waals surface area contributed by atoms with Gasteiger partial charge in [0.15, 0.2) is 5.78 Å². The van der Waals surface area contributed by atoms with Crippen molar-refractivity contribution in [3.8, 4) is 0 Å². The molecule has 1 aliphatic rings. The van der Waals surface area contributed by atoms with Gasteiger partial charge in [0, 0.05) is 24.4 Å². The van der Waals surface area contributed by atoms with Gasteiger partial charge in [-0.15, -0.1) is 0 Å². The molecule has 1 amide bonds. The van der Waals surface area contributed by atoms with E-state index in [1.165, 1.54) is 0 Å². The molecular formula is C19H21NO2. The molecule has 0 radical (unpaired) electrons. The predicted octanol–water partition coefficient (Wildman–Crippen LogP) is 3.50. The highest BCUT2D eigenvalue weighted by Gasteiger charge is 2.29.